The zero-order valence-corrected chi connectivity index (χ0v) is 20.5. The van der Waals surface area contributed by atoms with E-state index in [1.54, 1.807) is 25.2 Å². The number of benzene rings is 2. The van der Waals surface area contributed by atoms with Gasteiger partial charge in [-0.3, -0.25) is 14.4 Å². The summed E-state index contributed by atoms with van der Waals surface area (Å²) in [6, 6.07) is 12.3. The largest absolute Gasteiger partial charge is 0.489 e. The molecule has 0 aliphatic rings. The van der Waals surface area contributed by atoms with E-state index in [9.17, 15) is 14.4 Å². The summed E-state index contributed by atoms with van der Waals surface area (Å²) in [7, 11) is 1.55. The Balaban J connectivity index is 2.12. The minimum Gasteiger partial charge on any atom is -0.489 e. The molecule has 2 aromatic rings. The van der Waals surface area contributed by atoms with Gasteiger partial charge in [-0.05, 0) is 62.1 Å². The smallest absolute Gasteiger partial charge is 0.223 e. The first-order valence-corrected chi connectivity index (χ1v) is 11.3. The summed E-state index contributed by atoms with van der Waals surface area (Å²) in [6.07, 6.45) is 0.409. The van der Waals surface area contributed by atoms with Crippen molar-refractivity contribution in [3.8, 4) is 17.6 Å². The van der Waals surface area contributed by atoms with Crippen LogP contribution in [0.4, 0.5) is 0 Å². The molecule has 33 heavy (non-hydrogen) atoms. The van der Waals surface area contributed by atoms with Gasteiger partial charge < -0.3 is 10.1 Å². The van der Waals surface area contributed by atoms with Crippen molar-refractivity contribution in [1.82, 2.24) is 5.32 Å². The molecule has 0 saturated heterocycles. The van der Waals surface area contributed by atoms with Gasteiger partial charge in [0.25, 0.3) is 0 Å². The number of amides is 1. The second-order valence-corrected chi connectivity index (χ2v) is 8.83. The van der Waals surface area contributed by atoms with E-state index in [-0.39, 0.29) is 35.9 Å². The molecule has 6 heteroatoms. The summed E-state index contributed by atoms with van der Waals surface area (Å²) < 4.78 is 5.61. The van der Waals surface area contributed by atoms with Crippen LogP contribution in [0.3, 0.4) is 0 Å². The lowest BCUT2D eigenvalue weighted by Crippen LogP contribution is -2.30. The van der Waals surface area contributed by atoms with E-state index in [1.165, 1.54) is 0 Å². The number of nitrogens with one attached hydrogen (secondary N) is 1. The molecule has 2 aromatic carbocycles. The van der Waals surface area contributed by atoms with Crippen LogP contribution < -0.4 is 10.1 Å². The SMILES string of the molecule is CNC(=O)[C@@H](CC(=O)c1ccc(OC(C)C)c(Cl)c1)Cc1ccc(C#CC(=O)C(C)C)cc1. The summed E-state index contributed by atoms with van der Waals surface area (Å²) in [5, 5.41) is 3.00. The number of rotatable bonds is 9. The Hall–Kier alpha value is -3.10. The number of ketones is 2. The van der Waals surface area contributed by atoms with E-state index in [4.69, 9.17) is 16.3 Å². The third-order valence-electron chi connectivity index (χ3n) is 4.96. The Labute approximate surface area is 200 Å². The number of hydrogen-bond acceptors (Lipinski definition) is 4. The van der Waals surface area contributed by atoms with Crippen LogP contribution >= 0.6 is 11.6 Å². The normalized spacial score (nSPS) is 11.5. The van der Waals surface area contributed by atoms with Gasteiger partial charge >= 0.3 is 0 Å². The maximum Gasteiger partial charge on any atom is 0.223 e. The van der Waals surface area contributed by atoms with Gasteiger partial charge in [0.2, 0.25) is 11.7 Å². The third-order valence-corrected chi connectivity index (χ3v) is 5.25. The first-order valence-electron chi connectivity index (χ1n) is 11.0. The molecule has 0 heterocycles. The Morgan fingerprint density at radius 1 is 1.03 bits per heavy atom. The van der Waals surface area contributed by atoms with Crippen molar-refractivity contribution in [1.29, 1.82) is 0 Å². The Morgan fingerprint density at radius 2 is 1.70 bits per heavy atom. The second kappa shape index (κ2) is 12.2. The topological polar surface area (TPSA) is 72.5 Å². The lowest BCUT2D eigenvalue weighted by molar-refractivity contribution is -0.124. The van der Waals surface area contributed by atoms with Crippen molar-refractivity contribution in [2.75, 3.05) is 7.05 Å². The standard InChI is InChI=1S/C27H30ClNO4/c1-17(2)24(30)12-10-19-6-8-20(9-7-19)14-22(27(32)29-5)16-25(31)21-11-13-26(23(28)15-21)33-18(3)4/h6-9,11,13,15,17-18,22H,14,16H2,1-5H3,(H,29,32)/t22-/m1/s1. The quantitative estimate of drug-likeness (QED) is 0.421. The Morgan fingerprint density at radius 3 is 2.24 bits per heavy atom. The zero-order chi connectivity index (χ0) is 24.5. The molecule has 0 unspecified atom stereocenters. The van der Waals surface area contributed by atoms with Crippen molar-refractivity contribution in [3.05, 3.63) is 64.2 Å². The van der Waals surface area contributed by atoms with Crippen LogP contribution in [0, 0.1) is 23.7 Å². The van der Waals surface area contributed by atoms with Gasteiger partial charge in [-0.25, -0.2) is 0 Å². The molecule has 1 atom stereocenters. The van der Waals surface area contributed by atoms with E-state index >= 15 is 0 Å². The molecule has 0 aliphatic carbocycles. The number of Topliss-reactive ketones (excluding diaryl/α,β-unsaturated/α-hetero) is 2. The Bertz CT molecular complexity index is 1060. The molecule has 0 bridgehead atoms. The highest BCUT2D eigenvalue weighted by molar-refractivity contribution is 6.32. The highest BCUT2D eigenvalue weighted by Gasteiger charge is 2.23. The van der Waals surface area contributed by atoms with Crippen LogP contribution in [-0.2, 0) is 16.0 Å². The monoisotopic (exact) mass is 467 g/mol. The van der Waals surface area contributed by atoms with Crippen LogP contribution in [0.15, 0.2) is 42.5 Å². The molecule has 2 rings (SSSR count). The lowest BCUT2D eigenvalue weighted by atomic mass is 9.91. The molecular weight excluding hydrogens is 438 g/mol. The zero-order valence-electron chi connectivity index (χ0n) is 19.7. The molecule has 0 spiro atoms. The number of ether oxygens (including phenoxy) is 1. The van der Waals surface area contributed by atoms with Gasteiger partial charge in [0.1, 0.15) is 5.75 Å². The van der Waals surface area contributed by atoms with Crippen molar-refractivity contribution in [2.24, 2.45) is 11.8 Å². The first kappa shape index (κ1) is 26.2. The predicted octanol–water partition coefficient (Wildman–Crippen LogP) is 4.88. The summed E-state index contributed by atoms with van der Waals surface area (Å²) >= 11 is 6.26. The molecule has 0 aromatic heterocycles. The van der Waals surface area contributed by atoms with Crippen molar-refractivity contribution in [3.63, 3.8) is 0 Å². The van der Waals surface area contributed by atoms with Gasteiger partial charge in [0.05, 0.1) is 11.1 Å². The Kier molecular flexibility index (Phi) is 9.69. The fraction of sp³-hybridized carbons (Fsp3) is 0.370. The van der Waals surface area contributed by atoms with E-state index in [0.29, 0.717) is 22.8 Å². The number of halogens is 1. The summed E-state index contributed by atoms with van der Waals surface area (Å²) in [5.41, 5.74) is 2.06. The molecule has 0 fully saturated rings. The number of carbonyl (C=O) groups excluding carboxylic acids is 3. The molecule has 0 radical (unpaired) electrons. The lowest BCUT2D eigenvalue weighted by Gasteiger charge is -2.16. The van der Waals surface area contributed by atoms with Gasteiger partial charge in [0.15, 0.2) is 5.78 Å². The van der Waals surface area contributed by atoms with Crippen LogP contribution in [0.1, 0.15) is 55.6 Å². The fourth-order valence-corrected chi connectivity index (χ4v) is 3.34. The second-order valence-electron chi connectivity index (χ2n) is 8.42. The minimum atomic E-state index is -0.535. The van der Waals surface area contributed by atoms with Crippen molar-refractivity contribution < 1.29 is 19.1 Å². The van der Waals surface area contributed by atoms with Gasteiger partial charge in [-0.2, -0.15) is 0 Å². The highest BCUT2D eigenvalue weighted by Crippen LogP contribution is 2.27. The molecule has 0 saturated carbocycles. The maximum atomic E-state index is 12.9. The summed E-state index contributed by atoms with van der Waals surface area (Å²) in [6.45, 7) is 7.41. The highest BCUT2D eigenvalue weighted by atomic mass is 35.5. The first-order chi connectivity index (χ1) is 15.6. The summed E-state index contributed by atoms with van der Waals surface area (Å²) in [4.78, 5) is 37.0. The van der Waals surface area contributed by atoms with Crippen LogP contribution in [0.5, 0.6) is 5.75 Å². The van der Waals surface area contributed by atoms with Gasteiger partial charge in [-0.1, -0.05) is 43.5 Å². The minimum absolute atomic E-state index is 0.0326. The van der Waals surface area contributed by atoms with Crippen molar-refractivity contribution in [2.45, 2.75) is 46.6 Å². The third kappa shape index (κ3) is 8.07. The van der Waals surface area contributed by atoms with Gasteiger partial charge in [0, 0.05) is 36.4 Å². The van der Waals surface area contributed by atoms with Crippen molar-refractivity contribution >= 4 is 29.1 Å². The predicted molar refractivity (Wildman–Crippen MR) is 131 cm³/mol. The average molecular weight is 468 g/mol. The van der Waals surface area contributed by atoms with E-state index in [2.05, 4.69) is 17.2 Å². The molecular formula is C27H30ClNO4. The van der Waals surface area contributed by atoms with Crippen LogP contribution in [0.25, 0.3) is 0 Å². The summed E-state index contributed by atoms with van der Waals surface area (Å²) in [5.74, 6) is 4.86. The van der Waals surface area contributed by atoms with Crippen LogP contribution in [0.2, 0.25) is 5.02 Å². The number of carbonyl (C=O) groups is 3. The molecule has 0 aliphatic heterocycles. The molecule has 174 valence electrons. The fourth-order valence-electron chi connectivity index (χ4n) is 3.11. The number of hydrogen-bond donors (Lipinski definition) is 1. The molecule has 5 nitrogen and oxygen atoms in total. The average Bonchev–Trinajstić information content (AvgIpc) is 2.78. The van der Waals surface area contributed by atoms with E-state index in [1.807, 2.05) is 52.0 Å². The van der Waals surface area contributed by atoms with Crippen LogP contribution in [-0.4, -0.2) is 30.6 Å². The van der Waals surface area contributed by atoms with Gasteiger partial charge in [-0.15, -0.1) is 0 Å². The maximum absolute atomic E-state index is 12.9. The molecule has 1 amide bonds. The van der Waals surface area contributed by atoms with E-state index in [0.717, 1.165) is 11.1 Å². The molecule has 1 N–H and O–H groups in total. The van der Waals surface area contributed by atoms with E-state index < -0.39 is 5.92 Å².